The van der Waals surface area contributed by atoms with Crippen LogP contribution in [0.3, 0.4) is 0 Å². The van der Waals surface area contributed by atoms with E-state index in [1.807, 2.05) is 0 Å². The second-order valence-corrected chi connectivity index (χ2v) is 4.93. The molecule has 1 aromatic heterocycles. The van der Waals surface area contributed by atoms with Crippen molar-refractivity contribution in [2.24, 2.45) is 0 Å². The lowest BCUT2D eigenvalue weighted by Crippen LogP contribution is -2.15. The second-order valence-electron chi connectivity index (χ2n) is 4.02. The molecule has 0 unspecified atom stereocenters. The summed E-state index contributed by atoms with van der Waals surface area (Å²) in [5, 5.41) is 13.2. The van der Waals surface area contributed by atoms with Gasteiger partial charge in [-0.1, -0.05) is 24.8 Å². The smallest absolute Gasteiger partial charge is 0.348 e. The van der Waals surface area contributed by atoms with Gasteiger partial charge < -0.3 is 15.2 Å². The van der Waals surface area contributed by atoms with Gasteiger partial charge in [0, 0.05) is 0 Å². The minimum Gasteiger partial charge on any atom is -0.489 e. The van der Waals surface area contributed by atoms with Crippen LogP contribution in [0, 0.1) is 0 Å². The summed E-state index contributed by atoms with van der Waals surface area (Å²) in [6.45, 7) is 3.83. The van der Waals surface area contributed by atoms with Gasteiger partial charge in [0.25, 0.3) is 5.91 Å². The third-order valence-corrected chi connectivity index (χ3v) is 3.50. The van der Waals surface area contributed by atoms with E-state index in [9.17, 15) is 9.59 Å². The summed E-state index contributed by atoms with van der Waals surface area (Å²) in [6.07, 6.45) is 1.58. The monoisotopic (exact) mass is 303 g/mol. The fourth-order valence-corrected chi connectivity index (χ4v) is 2.38. The number of amides is 1. The van der Waals surface area contributed by atoms with Crippen molar-refractivity contribution < 1.29 is 19.4 Å². The molecule has 1 aromatic carbocycles. The van der Waals surface area contributed by atoms with Crippen LogP contribution in [0.1, 0.15) is 20.0 Å². The Kier molecular flexibility index (Phi) is 4.73. The predicted molar refractivity (Wildman–Crippen MR) is 81.4 cm³/mol. The summed E-state index contributed by atoms with van der Waals surface area (Å²) in [4.78, 5) is 23.4. The van der Waals surface area contributed by atoms with Crippen LogP contribution in [0.25, 0.3) is 0 Å². The number of nitrogens with one attached hydrogen (secondary N) is 1. The average Bonchev–Trinajstić information content (AvgIpc) is 2.93. The number of thiophene rings is 1. The van der Waals surface area contributed by atoms with E-state index in [4.69, 9.17) is 9.84 Å². The molecule has 0 radical (unpaired) electrons. The highest BCUT2D eigenvalue weighted by atomic mass is 32.1. The number of carbonyl (C=O) groups is 2. The molecule has 2 rings (SSSR count). The first-order valence-corrected chi connectivity index (χ1v) is 6.96. The number of para-hydroxylation sites is 1. The lowest BCUT2D eigenvalue weighted by atomic mass is 10.2. The lowest BCUT2D eigenvalue weighted by molar-refractivity contribution is 0.0703. The topological polar surface area (TPSA) is 75.6 Å². The Morgan fingerprint density at radius 3 is 2.81 bits per heavy atom. The highest BCUT2D eigenvalue weighted by molar-refractivity contribution is 7.12. The Morgan fingerprint density at radius 1 is 1.33 bits per heavy atom. The molecule has 0 aliphatic heterocycles. The summed E-state index contributed by atoms with van der Waals surface area (Å²) in [6, 6.07) is 8.30. The molecule has 108 valence electrons. The van der Waals surface area contributed by atoms with Crippen molar-refractivity contribution in [3.05, 3.63) is 58.8 Å². The van der Waals surface area contributed by atoms with Crippen molar-refractivity contribution in [2.75, 3.05) is 11.9 Å². The van der Waals surface area contributed by atoms with Gasteiger partial charge in [0.1, 0.15) is 17.2 Å². The van der Waals surface area contributed by atoms with E-state index in [1.54, 1.807) is 41.8 Å². The maximum atomic E-state index is 12.3. The van der Waals surface area contributed by atoms with Gasteiger partial charge in [0.15, 0.2) is 0 Å². The highest BCUT2D eigenvalue weighted by Gasteiger charge is 2.17. The van der Waals surface area contributed by atoms with Crippen LogP contribution in [-0.4, -0.2) is 23.6 Å². The third-order valence-electron chi connectivity index (χ3n) is 2.60. The van der Waals surface area contributed by atoms with Crippen LogP contribution < -0.4 is 10.1 Å². The van der Waals surface area contributed by atoms with Crippen molar-refractivity contribution >= 4 is 28.9 Å². The number of carboxylic acids is 1. The van der Waals surface area contributed by atoms with Crippen LogP contribution in [0.4, 0.5) is 5.69 Å². The molecule has 2 aromatic rings. The van der Waals surface area contributed by atoms with E-state index in [1.165, 1.54) is 0 Å². The molecule has 0 spiro atoms. The van der Waals surface area contributed by atoms with Gasteiger partial charge in [-0.15, -0.1) is 11.3 Å². The van der Waals surface area contributed by atoms with Crippen molar-refractivity contribution in [2.45, 2.75) is 0 Å². The molecular formula is C15H13NO4S. The van der Waals surface area contributed by atoms with Crippen LogP contribution in [0.2, 0.25) is 0 Å². The SMILES string of the molecule is C=CCOc1ccccc1C(=O)Nc1ccsc1C(=O)O. The van der Waals surface area contributed by atoms with E-state index in [2.05, 4.69) is 11.9 Å². The zero-order chi connectivity index (χ0) is 15.2. The number of carboxylic acid groups (broad SMARTS) is 1. The van der Waals surface area contributed by atoms with Crippen molar-refractivity contribution in [3.8, 4) is 5.75 Å². The van der Waals surface area contributed by atoms with Crippen LogP contribution in [0.5, 0.6) is 5.75 Å². The van der Waals surface area contributed by atoms with Gasteiger partial charge in [-0.3, -0.25) is 4.79 Å². The second kappa shape index (κ2) is 6.71. The van der Waals surface area contributed by atoms with E-state index in [0.717, 1.165) is 11.3 Å². The fraction of sp³-hybridized carbons (Fsp3) is 0.0667. The van der Waals surface area contributed by atoms with Crippen molar-refractivity contribution in [1.29, 1.82) is 0 Å². The van der Waals surface area contributed by atoms with Crippen molar-refractivity contribution in [3.63, 3.8) is 0 Å². The molecule has 0 aliphatic carbocycles. The minimum absolute atomic E-state index is 0.0906. The Bertz CT molecular complexity index is 678. The number of rotatable bonds is 6. The first-order chi connectivity index (χ1) is 10.1. The molecule has 0 fully saturated rings. The average molecular weight is 303 g/mol. The number of hydrogen-bond acceptors (Lipinski definition) is 4. The number of ether oxygens (including phenoxy) is 1. The summed E-state index contributed by atoms with van der Waals surface area (Å²) in [7, 11) is 0. The maximum absolute atomic E-state index is 12.3. The molecule has 0 aliphatic rings. The summed E-state index contributed by atoms with van der Waals surface area (Å²) >= 11 is 1.05. The first kappa shape index (κ1) is 14.8. The summed E-state index contributed by atoms with van der Waals surface area (Å²) in [5.41, 5.74) is 0.609. The number of anilines is 1. The highest BCUT2D eigenvalue weighted by Crippen LogP contribution is 2.25. The van der Waals surface area contributed by atoms with E-state index in [-0.39, 0.29) is 17.2 Å². The first-order valence-electron chi connectivity index (χ1n) is 6.08. The Labute approximate surface area is 125 Å². The number of benzene rings is 1. The molecule has 0 saturated carbocycles. The Hall–Kier alpha value is -2.60. The lowest BCUT2D eigenvalue weighted by Gasteiger charge is -2.10. The summed E-state index contributed by atoms with van der Waals surface area (Å²) < 4.78 is 5.41. The minimum atomic E-state index is -1.07. The van der Waals surface area contributed by atoms with Crippen LogP contribution in [0.15, 0.2) is 48.4 Å². The van der Waals surface area contributed by atoms with Gasteiger partial charge in [-0.25, -0.2) is 4.79 Å². The van der Waals surface area contributed by atoms with E-state index in [0.29, 0.717) is 11.3 Å². The summed E-state index contributed by atoms with van der Waals surface area (Å²) in [5.74, 6) is -1.07. The molecule has 0 atom stereocenters. The number of carbonyl (C=O) groups excluding carboxylic acids is 1. The van der Waals surface area contributed by atoms with Gasteiger partial charge in [0.05, 0.1) is 11.3 Å². The maximum Gasteiger partial charge on any atom is 0.348 e. The standard InChI is InChI=1S/C15H13NO4S/c1-2-8-20-12-6-4-3-5-10(12)14(17)16-11-7-9-21-13(11)15(18)19/h2-7,9H,1,8H2,(H,16,17)(H,18,19). The van der Waals surface area contributed by atoms with Crippen molar-refractivity contribution in [1.82, 2.24) is 0 Å². The number of aromatic carboxylic acids is 1. The molecule has 5 nitrogen and oxygen atoms in total. The third kappa shape index (κ3) is 3.49. The molecule has 21 heavy (non-hydrogen) atoms. The molecule has 1 amide bonds. The predicted octanol–water partition coefficient (Wildman–Crippen LogP) is 3.26. The molecular weight excluding hydrogens is 290 g/mol. The van der Waals surface area contributed by atoms with Gasteiger partial charge in [-0.05, 0) is 23.6 Å². The normalized spacial score (nSPS) is 9.90. The molecule has 1 heterocycles. The van der Waals surface area contributed by atoms with Crippen LogP contribution in [-0.2, 0) is 0 Å². The fourth-order valence-electron chi connectivity index (χ4n) is 1.69. The number of hydrogen-bond donors (Lipinski definition) is 2. The molecule has 6 heteroatoms. The Balaban J connectivity index is 2.22. The van der Waals surface area contributed by atoms with Crippen LogP contribution >= 0.6 is 11.3 Å². The quantitative estimate of drug-likeness (QED) is 0.803. The molecule has 2 N–H and O–H groups in total. The zero-order valence-electron chi connectivity index (χ0n) is 11.0. The zero-order valence-corrected chi connectivity index (χ0v) is 11.9. The largest absolute Gasteiger partial charge is 0.489 e. The van der Waals surface area contributed by atoms with E-state index >= 15 is 0 Å². The van der Waals surface area contributed by atoms with Gasteiger partial charge in [-0.2, -0.15) is 0 Å². The molecule has 0 bridgehead atoms. The van der Waals surface area contributed by atoms with Gasteiger partial charge >= 0.3 is 5.97 Å². The molecule has 0 saturated heterocycles. The van der Waals surface area contributed by atoms with E-state index < -0.39 is 11.9 Å². The van der Waals surface area contributed by atoms with Gasteiger partial charge in [0.2, 0.25) is 0 Å². The Morgan fingerprint density at radius 2 is 2.10 bits per heavy atom.